The minimum Gasteiger partial charge on any atom is -0.492 e. The molecule has 0 aromatic heterocycles. The molecular weight excluding hydrogens is 270 g/mol. The number of benzene rings is 1. The fourth-order valence-corrected chi connectivity index (χ4v) is 2.28. The lowest BCUT2D eigenvalue weighted by atomic mass is 10.1. The molecule has 1 aromatic carbocycles. The molecule has 0 spiro atoms. The van der Waals surface area contributed by atoms with Gasteiger partial charge in [0, 0.05) is 19.1 Å². The summed E-state index contributed by atoms with van der Waals surface area (Å²) in [4.78, 5) is 13.6. The van der Waals surface area contributed by atoms with Crippen LogP contribution in [0.5, 0.6) is 5.75 Å². The highest BCUT2D eigenvalue weighted by atomic mass is 16.5. The molecule has 0 radical (unpaired) electrons. The van der Waals surface area contributed by atoms with E-state index in [-0.39, 0.29) is 5.97 Å². The molecule has 0 aliphatic carbocycles. The Hall–Kier alpha value is -1.59. The smallest absolute Gasteiger partial charge is 0.309 e. The maximum atomic E-state index is 11.2. The number of morpholine rings is 1. The van der Waals surface area contributed by atoms with Gasteiger partial charge in [-0.25, -0.2) is 0 Å². The minimum atomic E-state index is -0.232. The van der Waals surface area contributed by atoms with Gasteiger partial charge < -0.3 is 14.2 Å². The Morgan fingerprint density at radius 1 is 1.29 bits per heavy atom. The zero-order valence-corrected chi connectivity index (χ0v) is 12.7. The van der Waals surface area contributed by atoms with Crippen molar-refractivity contribution in [2.75, 3.05) is 40.0 Å². The second-order valence-corrected chi connectivity index (χ2v) is 5.21. The lowest BCUT2D eigenvalue weighted by Gasteiger charge is -2.32. The molecule has 1 fully saturated rings. The van der Waals surface area contributed by atoms with Gasteiger partial charge in [0.1, 0.15) is 12.4 Å². The Balaban J connectivity index is 1.78. The number of methoxy groups -OCH3 is 1. The van der Waals surface area contributed by atoms with Crippen LogP contribution in [0, 0.1) is 0 Å². The standard InChI is InChI=1S/C16H23NO4/c1-13(17-7-9-20-10-8-17)12-21-15-5-3-14(4-6-15)11-16(18)19-2/h3-6,13H,7-12H2,1-2H3/t13-/m0/s1. The Morgan fingerprint density at radius 2 is 1.95 bits per heavy atom. The number of ether oxygens (including phenoxy) is 3. The molecule has 0 amide bonds. The molecule has 1 heterocycles. The highest BCUT2D eigenvalue weighted by Crippen LogP contribution is 2.14. The van der Waals surface area contributed by atoms with Gasteiger partial charge >= 0.3 is 5.97 Å². The average molecular weight is 293 g/mol. The van der Waals surface area contributed by atoms with Crippen molar-refractivity contribution in [2.45, 2.75) is 19.4 Å². The summed E-state index contributed by atoms with van der Waals surface area (Å²) in [6.45, 7) is 6.33. The van der Waals surface area contributed by atoms with Crippen LogP contribution in [0.3, 0.4) is 0 Å². The predicted octanol–water partition coefficient (Wildman–Crippen LogP) is 1.50. The zero-order valence-electron chi connectivity index (χ0n) is 12.7. The molecular formula is C16H23NO4. The molecule has 5 heteroatoms. The highest BCUT2D eigenvalue weighted by molar-refractivity contribution is 5.72. The van der Waals surface area contributed by atoms with Gasteiger partial charge in [-0.3, -0.25) is 9.69 Å². The van der Waals surface area contributed by atoms with E-state index in [9.17, 15) is 4.79 Å². The van der Waals surface area contributed by atoms with Crippen LogP contribution in [-0.4, -0.2) is 56.9 Å². The van der Waals surface area contributed by atoms with Crippen molar-refractivity contribution in [3.8, 4) is 5.75 Å². The van der Waals surface area contributed by atoms with E-state index >= 15 is 0 Å². The fraction of sp³-hybridized carbons (Fsp3) is 0.562. The van der Waals surface area contributed by atoms with E-state index in [1.54, 1.807) is 0 Å². The van der Waals surface area contributed by atoms with Gasteiger partial charge in [0.05, 0.1) is 26.7 Å². The molecule has 0 unspecified atom stereocenters. The maximum Gasteiger partial charge on any atom is 0.309 e. The molecule has 1 atom stereocenters. The Labute approximate surface area is 125 Å². The molecule has 2 rings (SSSR count). The molecule has 0 N–H and O–H groups in total. The lowest BCUT2D eigenvalue weighted by Crippen LogP contribution is -2.44. The number of nitrogens with zero attached hydrogens (tertiary/aromatic N) is 1. The van der Waals surface area contributed by atoms with E-state index in [0.29, 0.717) is 19.1 Å². The minimum absolute atomic E-state index is 0.232. The van der Waals surface area contributed by atoms with E-state index in [2.05, 4.69) is 16.6 Å². The number of hydrogen-bond donors (Lipinski definition) is 0. The lowest BCUT2D eigenvalue weighted by molar-refractivity contribution is -0.139. The van der Waals surface area contributed by atoms with Gasteiger partial charge in [-0.15, -0.1) is 0 Å². The normalized spacial score (nSPS) is 17.2. The van der Waals surface area contributed by atoms with Crippen molar-refractivity contribution in [1.82, 2.24) is 4.90 Å². The van der Waals surface area contributed by atoms with Crippen molar-refractivity contribution in [2.24, 2.45) is 0 Å². The fourth-order valence-electron chi connectivity index (χ4n) is 2.28. The van der Waals surface area contributed by atoms with E-state index in [1.807, 2.05) is 24.3 Å². The van der Waals surface area contributed by atoms with Crippen molar-refractivity contribution >= 4 is 5.97 Å². The summed E-state index contributed by atoms with van der Waals surface area (Å²) in [6, 6.07) is 7.94. The van der Waals surface area contributed by atoms with E-state index in [4.69, 9.17) is 9.47 Å². The van der Waals surface area contributed by atoms with Crippen LogP contribution in [0.2, 0.25) is 0 Å². The molecule has 1 aliphatic rings. The second-order valence-electron chi connectivity index (χ2n) is 5.21. The van der Waals surface area contributed by atoms with Crippen LogP contribution in [0.15, 0.2) is 24.3 Å². The number of hydrogen-bond acceptors (Lipinski definition) is 5. The summed E-state index contributed by atoms with van der Waals surface area (Å²) < 4.78 is 15.8. The predicted molar refractivity (Wildman–Crippen MR) is 79.5 cm³/mol. The first-order valence-corrected chi connectivity index (χ1v) is 7.29. The molecule has 0 saturated carbocycles. The molecule has 1 aromatic rings. The molecule has 116 valence electrons. The second kappa shape index (κ2) is 8.00. The number of rotatable bonds is 6. The van der Waals surface area contributed by atoms with Crippen molar-refractivity contribution < 1.29 is 19.0 Å². The molecule has 1 saturated heterocycles. The maximum absolute atomic E-state index is 11.2. The van der Waals surface area contributed by atoms with Crippen LogP contribution in [0.4, 0.5) is 0 Å². The van der Waals surface area contributed by atoms with Crippen molar-refractivity contribution in [1.29, 1.82) is 0 Å². The summed E-state index contributed by atoms with van der Waals surface area (Å²) in [7, 11) is 1.40. The van der Waals surface area contributed by atoms with Gasteiger partial charge in [-0.2, -0.15) is 0 Å². The number of carbonyl (C=O) groups is 1. The summed E-state index contributed by atoms with van der Waals surface area (Å²) in [6.07, 6.45) is 0.293. The first-order chi connectivity index (χ1) is 10.2. The van der Waals surface area contributed by atoms with Gasteiger partial charge in [0.15, 0.2) is 0 Å². The average Bonchev–Trinajstić information content (AvgIpc) is 2.54. The van der Waals surface area contributed by atoms with Crippen LogP contribution in [-0.2, 0) is 20.7 Å². The van der Waals surface area contributed by atoms with E-state index in [1.165, 1.54) is 7.11 Å². The Morgan fingerprint density at radius 3 is 2.57 bits per heavy atom. The summed E-state index contributed by atoms with van der Waals surface area (Å²) >= 11 is 0. The third-order valence-electron chi connectivity index (χ3n) is 3.66. The molecule has 1 aliphatic heterocycles. The Kier molecular flexibility index (Phi) is 6.02. The first-order valence-electron chi connectivity index (χ1n) is 7.29. The monoisotopic (exact) mass is 293 g/mol. The van der Waals surface area contributed by atoms with E-state index < -0.39 is 0 Å². The van der Waals surface area contributed by atoms with Gasteiger partial charge in [-0.05, 0) is 24.6 Å². The van der Waals surface area contributed by atoms with Crippen molar-refractivity contribution in [3.63, 3.8) is 0 Å². The number of carbonyl (C=O) groups excluding carboxylic acids is 1. The zero-order chi connectivity index (χ0) is 15.1. The molecule has 0 bridgehead atoms. The van der Waals surface area contributed by atoms with Gasteiger partial charge in [0.25, 0.3) is 0 Å². The number of esters is 1. The van der Waals surface area contributed by atoms with E-state index in [0.717, 1.165) is 37.6 Å². The molecule has 5 nitrogen and oxygen atoms in total. The SMILES string of the molecule is COC(=O)Cc1ccc(OC[C@H](C)N2CCOCC2)cc1. The first kappa shape index (κ1) is 15.8. The summed E-state index contributed by atoms with van der Waals surface area (Å²) in [5, 5.41) is 0. The Bertz CT molecular complexity index is 440. The third-order valence-corrected chi connectivity index (χ3v) is 3.66. The van der Waals surface area contributed by atoms with Crippen LogP contribution < -0.4 is 4.74 Å². The quantitative estimate of drug-likeness (QED) is 0.744. The molecule has 21 heavy (non-hydrogen) atoms. The highest BCUT2D eigenvalue weighted by Gasteiger charge is 2.17. The topological polar surface area (TPSA) is 48.0 Å². The largest absolute Gasteiger partial charge is 0.492 e. The van der Waals surface area contributed by atoms with Gasteiger partial charge in [0.2, 0.25) is 0 Å². The third kappa shape index (κ3) is 5.02. The van der Waals surface area contributed by atoms with Crippen molar-refractivity contribution in [3.05, 3.63) is 29.8 Å². The van der Waals surface area contributed by atoms with Crippen LogP contribution in [0.1, 0.15) is 12.5 Å². The summed E-state index contributed by atoms with van der Waals surface area (Å²) in [5.41, 5.74) is 0.926. The summed E-state index contributed by atoms with van der Waals surface area (Å²) in [5.74, 6) is 0.591. The van der Waals surface area contributed by atoms with Gasteiger partial charge in [-0.1, -0.05) is 12.1 Å². The van der Waals surface area contributed by atoms with Crippen LogP contribution in [0.25, 0.3) is 0 Å². The van der Waals surface area contributed by atoms with Crippen LogP contribution >= 0.6 is 0 Å².